The number of anilines is 2. The Bertz CT molecular complexity index is 1290. The highest BCUT2D eigenvalue weighted by Crippen LogP contribution is 2.21. The van der Waals surface area contributed by atoms with E-state index in [1.807, 2.05) is 6.07 Å². The maximum Gasteiger partial charge on any atom is 0.265 e. The van der Waals surface area contributed by atoms with Gasteiger partial charge in [-0.1, -0.05) is 6.07 Å². The van der Waals surface area contributed by atoms with Crippen molar-refractivity contribution in [2.45, 2.75) is 17.9 Å². The van der Waals surface area contributed by atoms with Crippen LogP contribution >= 0.6 is 0 Å². The number of nitrogens with one attached hydrogen (secondary N) is 2. The topological polar surface area (TPSA) is 108 Å². The normalized spacial score (nSPS) is 11.8. The fourth-order valence-electron chi connectivity index (χ4n) is 2.62. The number of carbonyl (C=O) groups excluding carboxylic acids is 1. The summed E-state index contributed by atoms with van der Waals surface area (Å²) in [6.07, 6.45) is -0.865. The third-order valence-corrected chi connectivity index (χ3v) is 5.63. The lowest BCUT2D eigenvalue weighted by Gasteiger charge is -2.15. The first-order chi connectivity index (χ1) is 15.2. The fourth-order valence-corrected chi connectivity index (χ4v) is 3.69. The average molecular weight is 457 g/mol. The molecule has 164 valence electrons. The number of hydrogen-bond acceptors (Lipinski definition) is 5. The summed E-state index contributed by atoms with van der Waals surface area (Å²) in [6.45, 7) is 1.54. The molecule has 0 aliphatic carbocycles. The molecule has 3 aromatic rings. The number of ether oxygens (including phenoxy) is 1. The van der Waals surface area contributed by atoms with Gasteiger partial charge in [-0.3, -0.25) is 9.52 Å². The molecular weight excluding hydrogens is 440 g/mol. The van der Waals surface area contributed by atoms with Gasteiger partial charge in [0.15, 0.2) is 17.7 Å². The zero-order valence-corrected chi connectivity index (χ0v) is 17.5. The van der Waals surface area contributed by atoms with Crippen molar-refractivity contribution in [2.24, 2.45) is 0 Å². The second kappa shape index (κ2) is 9.45. The minimum atomic E-state index is -4.13. The quantitative estimate of drug-likeness (QED) is 0.557. The van der Waals surface area contributed by atoms with E-state index < -0.39 is 38.6 Å². The predicted molar refractivity (Wildman–Crippen MR) is 113 cm³/mol. The molecule has 32 heavy (non-hydrogen) atoms. The lowest BCUT2D eigenvalue weighted by molar-refractivity contribution is -0.122. The highest BCUT2D eigenvalue weighted by Gasteiger charge is 2.18. The highest BCUT2D eigenvalue weighted by molar-refractivity contribution is 7.92. The van der Waals surface area contributed by atoms with Crippen LogP contribution in [0.4, 0.5) is 20.2 Å². The molecule has 0 radical (unpaired) electrons. The standard InChI is InChI=1S/C22H17F2N3O4S/c1-14(31-18-4-2-3-15(11-18)13-25)22(28)26-16-5-7-17(8-6-16)27-32(29,30)19-9-10-20(23)21(24)12-19/h2-12,14,27H,1H3,(H,26,28). The van der Waals surface area contributed by atoms with Crippen molar-refractivity contribution >= 4 is 27.3 Å². The first-order valence-corrected chi connectivity index (χ1v) is 10.7. The van der Waals surface area contributed by atoms with Gasteiger partial charge in [-0.25, -0.2) is 17.2 Å². The van der Waals surface area contributed by atoms with Gasteiger partial charge in [-0.15, -0.1) is 0 Å². The molecule has 0 aliphatic heterocycles. The highest BCUT2D eigenvalue weighted by atomic mass is 32.2. The van der Waals surface area contributed by atoms with E-state index >= 15 is 0 Å². The molecule has 0 spiro atoms. The van der Waals surface area contributed by atoms with Crippen molar-refractivity contribution in [3.8, 4) is 11.8 Å². The number of halogens is 2. The van der Waals surface area contributed by atoms with Crippen LogP contribution in [0.5, 0.6) is 5.75 Å². The fraction of sp³-hybridized carbons (Fsp3) is 0.0909. The third-order valence-electron chi connectivity index (χ3n) is 4.25. The second-order valence-corrected chi connectivity index (χ2v) is 8.33. The molecule has 10 heteroatoms. The van der Waals surface area contributed by atoms with Crippen molar-refractivity contribution in [3.05, 3.63) is 83.9 Å². The van der Waals surface area contributed by atoms with Gasteiger partial charge in [-0.05, 0) is 67.6 Å². The van der Waals surface area contributed by atoms with Crippen molar-refractivity contribution in [1.29, 1.82) is 5.26 Å². The molecule has 1 amide bonds. The minimum Gasteiger partial charge on any atom is -0.481 e. The van der Waals surface area contributed by atoms with E-state index in [0.29, 0.717) is 23.1 Å². The summed E-state index contributed by atoms with van der Waals surface area (Å²) in [7, 11) is -4.13. The smallest absolute Gasteiger partial charge is 0.265 e. The second-order valence-electron chi connectivity index (χ2n) is 6.65. The van der Waals surface area contributed by atoms with Crippen molar-refractivity contribution in [3.63, 3.8) is 0 Å². The van der Waals surface area contributed by atoms with Crippen LogP contribution < -0.4 is 14.8 Å². The van der Waals surface area contributed by atoms with Gasteiger partial charge >= 0.3 is 0 Å². The van der Waals surface area contributed by atoms with Gasteiger partial charge in [-0.2, -0.15) is 5.26 Å². The number of carbonyl (C=O) groups is 1. The number of sulfonamides is 1. The van der Waals surface area contributed by atoms with E-state index in [1.54, 1.807) is 25.1 Å². The van der Waals surface area contributed by atoms with Crippen LogP contribution in [0.3, 0.4) is 0 Å². The Kier molecular flexibility index (Phi) is 6.70. The van der Waals surface area contributed by atoms with Gasteiger partial charge in [0.05, 0.1) is 16.5 Å². The van der Waals surface area contributed by atoms with Crippen LogP contribution in [0.15, 0.2) is 71.6 Å². The zero-order chi connectivity index (χ0) is 23.3. The minimum absolute atomic E-state index is 0.158. The van der Waals surface area contributed by atoms with Crippen molar-refractivity contribution in [2.75, 3.05) is 10.0 Å². The van der Waals surface area contributed by atoms with Crippen molar-refractivity contribution < 1.29 is 26.7 Å². The molecule has 0 saturated carbocycles. The first-order valence-electron chi connectivity index (χ1n) is 9.23. The van der Waals surface area contributed by atoms with Crippen LogP contribution in [0.25, 0.3) is 0 Å². The van der Waals surface area contributed by atoms with E-state index in [4.69, 9.17) is 10.00 Å². The summed E-state index contributed by atoms with van der Waals surface area (Å²) >= 11 is 0. The van der Waals surface area contributed by atoms with E-state index in [1.165, 1.54) is 30.3 Å². The Morgan fingerprint density at radius 1 is 1.00 bits per heavy atom. The molecule has 2 N–H and O–H groups in total. The summed E-state index contributed by atoms with van der Waals surface area (Å²) in [4.78, 5) is 11.9. The molecule has 3 rings (SSSR count). The molecule has 0 fully saturated rings. The van der Waals surface area contributed by atoms with E-state index in [0.717, 1.165) is 12.1 Å². The molecule has 0 heterocycles. The summed E-state index contributed by atoms with van der Waals surface area (Å²) in [6, 6.07) is 16.3. The molecule has 0 saturated heterocycles. The third kappa shape index (κ3) is 5.59. The Hall–Kier alpha value is -3.97. The first kappa shape index (κ1) is 22.7. The van der Waals surface area contributed by atoms with Crippen LogP contribution in [0.2, 0.25) is 0 Å². The molecule has 3 aromatic carbocycles. The predicted octanol–water partition coefficient (Wildman–Crippen LogP) is 4.04. The van der Waals surface area contributed by atoms with Crippen LogP contribution in [0.1, 0.15) is 12.5 Å². The summed E-state index contributed by atoms with van der Waals surface area (Å²) in [5, 5.41) is 11.6. The Labute approximate surface area is 183 Å². The Morgan fingerprint density at radius 2 is 1.69 bits per heavy atom. The maximum atomic E-state index is 13.3. The molecule has 0 aromatic heterocycles. The van der Waals surface area contributed by atoms with Gasteiger partial charge in [0, 0.05) is 11.4 Å². The lowest BCUT2D eigenvalue weighted by Crippen LogP contribution is -2.30. The SMILES string of the molecule is CC(Oc1cccc(C#N)c1)C(=O)Nc1ccc(NS(=O)(=O)c2ccc(F)c(F)c2)cc1. The van der Waals surface area contributed by atoms with E-state index in [-0.39, 0.29) is 5.69 Å². The summed E-state index contributed by atoms with van der Waals surface area (Å²) in [5.74, 6) is -2.52. The monoisotopic (exact) mass is 457 g/mol. The number of nitriles is 1. The molecule has 7 nitrogen and oxygen atoms in total. The van der Waals surface area contributed by atoms with E-state index in [2.05, 4.69) is 10.0 Å². The summed E-state index contributed by atoms with van der Waals surface area (Å²) in [5.41, 5.74) is 0.939. The number of rotatable bonds is 7. The summed E-state index contributed by atoms with van der Waals surface area (Å²) < 4.78 is 58.8. The van der Waals surface area contributed by atoms with Gasteiger partial charge in [0.1, 0.15) is 5.75 Å². The largest absolute Gasteiger partial charge is 0.481 e. The van der Waals surface area contributed by atoms with Crippen LogP contribution in [-0.2, 0) is 14.8 Å². The van der Waals surface area contributed by atoms with Gasteiger partial charge < -0.3 is 10.1 Å². The number of amides is 1. The number of benzene rings is 3. The Morgan fingerprint density at radius 3 is 2.34 bits per heavy atom. The van der Waals surface area contributed by atoms with Crippen LogP contribution in [-0.4, -0.2) is 20.4 Å². The van der Waals surface area contributed by atoms with Crippen LogP contribution in [0, 0.1) is 23.0 Å². The molecular formula is C22H17F2N3O4S. The number of nitrogens with zero attached hydrogens (tertiary/aromatic N) is 1. The Balaban J connectivity index is 1.63. The lowest BCUT2D eigenvalue weighted by atomic mass is 10.2. The molecule has 1 atom stereocenters. The van der Waals surface area contributed by atoms with Gasteiger partial charge in [0.25, 0.3) is 15.9 Å². The maximum absolute atomic E-state index is 13.3. The molecule has 1 unspecified atom stereocenters. The molecule has 0 bridgehead atoms. The molecule has 0 aliphatic rings. The zero-order valence-electron chi connectivity index (χ0n) is 16.7. The average Bonchev–Trinajstić information content (AvgIpc) is 2.76. The van der Waals surface area contributed by atoms with Gasteiger partial charge in [0.2, 0.25) is 0 Å². The van der Waals surface area contributed by atoms with E-state index in [9.17, 15) is 22.0 Å². The van der Waals surface area contributed by atoms with Crippen molar-refractivity contribution in [1.82, 2.24) is 0 Å². The number of hydrogen-bond donors (Lipinski definition) is 2.